The Morgan fingerprint density at radius 2 is 0.855 bits per heavy atom. The van der Waals surface area contributed by atoms with Crippen LogP contribution in [0.2, 0.25) is 0 Å². The lowest BCUT2D eigenvalue weighted by Crippen LogP contribution is -2.11. The predicted octanol–water partition coefficient (Wildman–Crippen LogP) is 14.1. The summed E-state index contributed by atoms with van der Waals surface area (Å²) < 4.78 is 0. The summed E-state index contributed by atoms with van der Waals surface area (Å²) in [5.41, 5.74) is 12.5. The number of hydrogen-bond acceptors (Lipinski definition) is 3. The molecular formula is C52H35N3. The van der Waals surface area contributed by atoms with Crippen LogP contribution in [0, 0.1) is 0 Å². The summed E-state index contributed by atoms with van der Waals surface area (Å²) >= 11 is 0. The molecule has 0 unspecified atom stereocenters. The highest BCUT2D eigenvalue weighted by Gasteiger charge is 2.20. The first-order chi connectivity index (χ1) is 27.3. The number of pyridine rings is 2. The molecule has 0 N–H and O–H groups in total. The fourth-order valence-corrected chi connectivity index (χ4v) is 7.80. The second-order valence-electron chi connectivity index (χ2n) is 13.8. The number of aromatic nitrogens is 2. The van der Waals surface area contributed by atoms with Crippen molar-refractivity contribution in [2.45, 2.75) is 0 Å². The van der Waals surface area contributed by atoms with E-state index in [1.807, 2.05) is 12.1 Å². The number of nitrogens with zero attached hydrogens (tertiary/aromatic N) is 3. The molecule has 0 fully saturated rings. The molecule has 2 aromatic heterocycles. The quantitative estimate of drug-likeness (QED) is 0.155. The number of rotatable bonds is 7. The summed E-state index contributed by atoms with van der Waals surface area (Å²) in [5, 5.41) is 5.78. The Morgan fingerprint density at radius 1 is 0.327 bits per heavy atom. The Hall–Kier alpha value is -7.36. The van der Waals surface area contributed by atoms with E-state index in [9.17, 15) is 0 Å². The highest BCUT2D eigenvalue weighted by Crippen LogP contribution is 2.44. The van der Waals surface area contributed by atoms with E-state index in [2.05, 4.69) is 205 Å². The molecule has 3 nitrogen and oxygen atoms in total. The van der Waals surface area contributed by atoms with E-state index in [0.29, 0.717) is 0 Å². The number of para-hydroxylation sites is 3. The van der Waals surface area contributed by atoms with Crippen LogP contribution in [0.4, 0.5) is 17.1 Å². The zero-order chi connectivity index (χ0) is 36.6. The molecule has 3 heteroatoms. The Balaban J connectivity index is 1.27. The van der Waals surface area contributed by atoms with Crippen molar-refractivity contribution in [1.29, 1.82) is 0 Å². The largest absolute Gasteiger partial charge is 0.308 e. The van der Waals surface area contributed by atoms with Crippen LogP contribution >= 0.6 is 0 Å². The van der Waals surface area contributed by atoms with Crippen molar-refractivity contribution in [2.75, 3.05) is 4.90 Å². The summed E-state index contributed by atoms with van der Waals surface area (Å²) in [7, 11) is 0. The van der Waals surface area contributed by atoms with Gasteiger partial charge in [-0.05, 0) is 70.4 Å². The van der Waals surface area contributed by atoms with E-state index in [4.69, 9.17) is 9.97 Å². The van der Waals surface area contributed by atoms with E-state index in [-0.39, 0.29) is 0 Å². The van der Waals surface area contributed by atoms with Gasteiger partial charge in [-0.2, -0.15) is 0 Å². The first kappa shape index (κ1) is 32.3. The van der Waals surface area contributed by atoms with E-state index in [1.54, 1.807) is 0 Å². The van der Waals surface area contributed by atoms with Gasteiger partial charge in [0.05, 0.1) is 28.3 Å². The van der Waals surface area contributed by atoms with Crippen LogP contribution < -0.4 is 4.90 Å². The van der Waals surface area contributed by atoms with E-state index in [0.717, 1.165) is 78.3 Å². The molecule has 0 bridgehead atoms. The number of hydrogen-bond donors (Lipinski definition) is 0. The van der Waals surface area contributed by atoms with Crippen molar-refractivity contribution in [3.05, 3.63) is 212 Å². The topological polar surface area (TPSA) is 29.0 Å². The third-order valence-corrected chi connectivity index (χ3v) is 10.4. The molecule has 0 aliphatic rings. The molecule has 8 aromatic carbocycles. The van der Waals surface area contributed by atoms with Crippen LogP contribution in [0.1, 0.15) is 0 Å². The van der Waals surface area contributed by atoms with Crippen molar-refractivity contribution in [1.82, 2.24) is 9.97 Å². The fourth-order valence-electron chi connectivity index (χ4n) is 7.80. The maximum atomic E-state index is 5.57. The normalized spacial score (nSPS) is 11.3. The van der Waals surface area contributed by atoms with E-state index in [1.165, 1.54) is 16.2 Å². The molecule has 10 rings (SSSR count). The van der Waals surface area contributed by atoms with Crippen molar-refractivity contribution in [3.8, 4) is 44.9 Å². The molecule has 0 amide bonds. The van der Waals surface area contributed by atoms with Crippen LogP contribution in [-0.2, 0) is 0 Å². The molecule has 0 saturated carbocycles. The SMILES string of the molecule is c1ccc(-c2cc(-c3ccc4ccc5c(-c6ccccc6)nc6c(N(c7ccccc7)c7ccccc7)cccc6c5c4c3)cc(-c3ccccc3)n2)cc1. The molecule has 0 saturated heterocycles. The monoisotopic (exact) mass is 701 g/mol. The van der Waals surface area contributed by atoms with Gasteiger partial charge in [0.2, 0.25) is 0 Å². The maximum Gasteiger partial charge on any atom is 0.0956 e. The standard InChI is InChI=1S/C52H35N3/c1-6-17-37(18-7-1)47-34-41(35-48(53-47)38-19-8-2-9-20-38)40-30-29-36-31-32-45-50(46(36)33-40)44-27-16-28-49(52(44)54-51(45)39-21-10-3-11-22-39)55(42-23-12-4-13-24-42)43-25-14-5-15-26-43/h1-35H. The molecule has 10 aromatic rings. The van der Waals surface area contributed by atoms with Gasteiger partial charge in [0.25, 0.3) is 0 Å². The predicted molar refractivity (Wildman–Crippen MR) is 231 cm³/mol. The molecular weight excluding hydrogens is 667 g/mol. The molecule has 0 aliphatic heterocycles. The van der Waals surface area contributed by atoms with Crippen molar-refractivity contribution in [2.24, 2.45) is 0 Å². The molecule has 258 valence electrons. The summed E-state index contributed by atoms with van der Waals surface area (Å²) in [4.78, 5) is 13.1. The smallest absolute Gasteiger partial charge is 0.0956 e. The minimum atomic E-state index is 0.945. The van der Waals surface area contributed by atoms with Gasteiger partial charge in [0, 0.05) is 44.2 Å². The summed E-state index contributed by atoms with van der Waals surface area (Å²) in [6.45, 7) is 0. The van der Waals surface area contributed by atoms with E-state index < -0.39 is 0 Å². The average Bonchev–Trinajstić information content (AvgIpc) is 3.27. The number of benzene rings is 8. The zero-order valence-electron chi connectivity index (χ0n) is 30.0. The molecule has 2 heterocycles. The Morgan fingerprint density at radius 3 is 1.44 bits per heavy atom. The van der Waals surface area contributed by atoms with Crippen LogP contribution in [-0.4, -0.2) is 9.97 Å². The highest BCUT2D eigenvalue weighted by atomic mass is 15.1. The number of fused-ring (bicyclic) bond motifs is 5. The first-order valence-electron chi connectivity index (χ1n) is 18.7. The Kier molecular flexibility index (Phi) is 8.16. The van der Waals surface area contributed by atoms with Gasteiger partial charge in [-0.1, -0.05) is 164 Å². The maximum absolute atomic E-state index is 5.57. The number of anilines is 3. The lowest BCUT2D eigenvalue weighted by atomic mass is 9.92. The van der Waals surface area contributed by atoms with Crippen molar-refractivity contribution >= 4 is 49.5 Å². The summed E-state index contributed by atoms with van der Waals surface area (Å²) in [5.74, 6) is 0. The van der Waals surface area contributed by atoms with E-state index >= 15 is 0 Å². The Labute approximate surface area is 320 Å². The second-order valence-corrected chi connectivity index (χ2v) is 13.8. The van der Waals surface area contributed by atoms with Crippen LogP contribution in [0.25, 0.3) is 77.3 Å². The Bertz CT molecular complexity index is 2850. The van der Waals surface area contributed by atoms with Gasteiger partial charge in [-0.15, -0.1) is 0 Å². The van der Waals surface area contributed by atoms with Gasteiger partial charge in [0.1, 0.15) is 0 Å². The minimum Gasteiger partial charge on any atom is -0.308 e. The highest BCUT2D eigenvalue weighted by molar-refractivity contribution is 6.24. The minimum absolute atomic E-state index is 0.945. The molecule has 0 aliphatic carbocycles. The van der Waals surface area contributed by atoms with Crippen molar-refractivity contribution < 1.29 is 0 Å². The van der Waals surface area contributed by atoms with Gasteiger partial charge in [0.15, 0.2) is 0 Å². The van der Waals surface area contributed by atoms with Gasteiger partial charge in [-0.25, -0.2) is 9.97 Å². The molecule has 0 radical (unpaired) electrons. The zero-order valence-corrected chi connectivity index (χ0v) is 30.0. The lowest BCUT2D eigenvalue weighted by molar-refractivity contribution is 1.28. The second kappa shape index (κ2) is 13.9. The van der Waals surface area contributed by atoms with Crippen LogP contribution in [0.15, 0.2) is 212 Å². The third-order valence-electron chi connectivity index (χ3n) is 10.4. The average molecular weight is 702 g/mol. The van der Waals surface area contributed by atoms with Gasteiger partial charge in [-0.3, -0.25) is 0 Å². The van der Waals surface area contributed by atoms with Gasteiger partial charge >= 0.3 is 0 Å². The molecule has 0 atom stereocenters. The summed E-state index contributed by atoms with van der Waals surface area (Å²) in [6.07, 6.45) is 0. The van der Waals surface area contributed by atoms with Gasteiger partial charge < -0.3 is 4.90 Å². The first-order valence-corrected chi connectivity index (χ1v) is 18.7. The lowest BCUT2D eigenvalue weighted by Gasteiger charge is -2.27. The van der Waals surface area contributed by atoms with Crippen LogP contribution in [0.5, 0.6) is 0 Å². The van der Waals surface area contributed by atoms with Crippen LogP contribution in [0.3, 0.4) is 0 Å². The fraction of sp³-hybridized carbons (Fsp3) is 0. The molecule has 55 heavy (non-hydrogen) atoms. The third kappa shape index (κ3) is 5.98. The summed E-state index contributed by atoms with van der Waals surface area (Å²) in [6, 6.07) is 75.0. The molecule has 0 spiro atoms. The van der Waals surface area contributed by atoms with Crippen molar-refractivity contribution in [3.63, 3.8) is 0 Å².